The van der Waals surface area contributed by atoms with Crippen LogP contribution in [-0.2, 0) is 0 Å². The van der Waals surface area contributed by atoms with E-state index in [2.05, 4.69) is 0 Å². The van der Waals surface area contributed by atoms with Crippen LogP contribution in [0.4, 0.5) is 20.2 Å². The molecule has 0 aliphatic heterocycles. The lowest BCUT2D eigenvalue weighted by atomic mass is 10.1. The van der Waals surface area contributed by atoms with Crippen LogP contribution < -0.4 is 4.90 Å². The molecule has 1 N–H and O–H groups in total. The lowest BCUT2D eigenvalue weighted by Crippen LogP contribution is -2.17. The van der Waals surface area contributed by atoms with Gasteiger partial charge in [0.25, 0.3) is 0 Å². The lowest BCUT2D eigenvalue weighted by molar-refractivity contribution is 0.199. The molecule has 0 saturated heterocycles. The molecule has 2 rings (SSSR count). The number of anilines is 2. The summed E-state index contributed by atoms with van der Waals surface area (Å²) in [6, 6.07) is 10.6. The molecule has 0 amide bonds. The molecule has 0 aliphatic rings. The second kappa shape index (κ2) is 6.01. The molecule has 2 nitrogen and oxygen atoms in total. The van der Waals surface area contributed by atoms with Crippen LogP contribution in [0.15, 0.2) is 42.5 Å². The van der Waals surface area contributed by atoms with Gasteiger partial charge in [-0.15, -0.1) is 0 Å². The highest BCUT2D eigenvalue weighted by Crippen LogP contribution is 2.29. The third-order valence-corrected chi connectivity index (χ3v) is 3.20. The Balaban J connectivity index is 2.39. The van der Waals surface area contributed by atoms with Crippen molar-refractivity contribution in [2.24, 2.45) is 0 Å². The van der Waals surface area contributed by atoms with Gasteiger partial charge in [-0.3, -0.25) is 0 Å². The number of hydrogen-bond donors (Lipinski definition) is 1. The van der Waals surface area contributed by atoms with Gasteiger partial charge in [-0.25, -0.2) is 8.78 Å². The van der Waals surface area contributed by atoms with E-state index in [0.717, 1.165) is 5.69 Å². The average Bonchev–Trinajstić information content (AvgIpc) is 2.43. The van der Waals surface area contributed by atoms with Crippen molar-refractivity contribution in [2.45, 2.75) is 20.0 Å². The maximum atomic E-state index is 14.2. The minimum Gasteiger partial charge on any atom is -0.389 e. The Morgan fingerprint density at radius 2 is 1.75 bits per heavy atom. The molecule has 20 heavy (non-hydrogen) atoms. The summed E-state index contributed by atoms with van der Waals surface area (Å²) in [6.45, 7) is 4.04. The van der Waals surface area contributed by atoms with E-state index in [1.807, 2.05) is 6.92 Å². The van der Waals surface area contributed by atoms with Gasteiger partial charge in [0.1, 0.15) is 11.6 Å². The van der Waals surface area contributed by atoms with Crippen LogP contribution in [0.1, 0.15) is 25.5 Å². The Labute approximate surface area is 117 Å². The van der Waals surface area contributed by atoms with Gasteiger partial charge in [0, 0.05) is 12.2 Å². The van der Waals surface area contributed by atoms with Crippen molar-refractivity contribution in [3.8, 4) is 0 Å². The normalized spacial score (nSPS) is 12.2. The summed E-state index contributed by atoms with van der Waals surface area (Å²) in [7, 11) is 0. The van der Waals surface area contributed by atoms with E-state index in [0.29, 0.717) is 17.8 Å². The van der Waals surface area contributed by atoms with Crippen LogP contribution in [0.2, 0.25) is 0 Å². The zero-order chi connectivity index (χ0) is 14.7. The number of hydrogen-bond acceptors (Lipinski definition) is 2. The van der Waals surface area contributed by atoms with E-state index >= 15 is 0 Å². The van der Waals surface area contributed by atoms with Crippen LogP contribution >= 0.6 is 0 Å². The summed E-state index contributed by atoms with van der Waals surface area (Å²) >= 11 is 0. The van der Waals surface area contributed by atoms with E-state index in [4.69, 9.17) is 0 Å². The predicted octanol–water partition coefficient (Wildman–Crippen LogP) is 4.18. The van der Waals surface area contributed by atoms with Crippen LogP contribution in [0, 0.1) is 11.6 Å². The highest BCUT2D eigenvalue weighted by Gasteiger charge is 2.14. The number of aliphatic hydroxyl groups excluding tert-OH is 1. The fourth-order valence-electron chi connectivity index (χ4n) is 2.11. The first-order valence-electron chi connectivity index (χ1n) is 6.53. The quantitative estimate of drug-likeness (QED) is 0.906. The van der Waals surface area contributed by atoms with Crippen molar-refractivity contribution in [3.05, 3.63) is 59.7 Å². The van der Waals surface area contributed by atoms with E-state index in [1.54, 1.807) is 36.1 Å². The van der Waals surface area contributed by atoms with Crippen molar-refractivity contribution >= 4 is 11.4 Å². The molecule has 0 fully saturated rings. The Bertz CT molecular complexity index is 582. The highest BCUT2D eigenvalue weighted by molar-refractivity contribution is 5.64. The summed E-state index contributed by atoms with van der Waals surface area (Å²) in [5.41, 5.74) is 1.66. The monoisotopic (exact) mass is 277 g/mol. The Kier molecular flexibility index (Phi) is 4.35. The molecule has 1 atom stereocenters. The van der Waals surface area contributed by atoms with Crippen molar-refractivity contribution in [2.75, 3.05) is 11.4 Å². The van der Waals surface area contributed by atoms with Crippen LogP contribution in [0.25, 0.3) is 0 Å². The Hall–Kier alpha value is -1.94. The summed E-state index contributed by atoms with van der Waals surface area (Å²) < 4.78 is 27.1. The average molecular weight is 277 g/mol. The molecule has 0 radical (unpaired) electrons. The van der Waals surface area contributed by atoms with E-state index in [-0.39, 0.29) is 5.82 Å². The standard InChI is InChI=1S/C16H17F2NO/c1-3-19(14-7-5-13(17)6-8-14)16-9-4-12(11(2)20)10-15(16)18/h4-11,20H,3H2,1-2H3. The van der Waals surface area contributed by atoms with Crippen molar-refractivity contribution in [1.82, 2.24) is 0 Å². The van der Waals surface area contributed by atoms with Gasteiger partial charge in [0.05, 0.1) is 11.8 Å². The first kappa shape index (κ1) is 14.5. The number of nitrogens with zero attached hydrogens (tertiary/aromatic N) is 1. The van der Waals surface area contributed by atoms with Crippen molar-refractivity contribution < 1.29 is 13.9 Å². The fourth-order valence-corrected chi connectivity index (χ4v) is 2.11. The fraction of sp³-hybridized carbons (Fsp3) is 0.250. The van der Waals surface area contributed by atoms with Crippen LogP contribution in [0.5, 0.6) is 0 Å². The minimum atomic E-state index is -0.709. The molecule has 106 valence electrons. The van der Waals surface area contributed by atoms with Gasteiger partial charge >= 0.3 is 0 Å². The Morgan fingerprint density at radius 3 is 2.25 bits per heavy atom. The first-order valence-corrected chi connectivity index (χ1v) is 6.53. The topological polar surface area (TPSA) is 23.5 Å². The molecule has 2 aromatic rings. The van der Waals surface area contributed by atoms with Crippen LogP contribution in [-0.4, -0.2) is 11.7 Å². The second-order valence-corrected chi connectivity index (χ2v) is 4.61. The number of halogens is 2. The summed E-state index contributed by atoms with van der Waals surface area (Å²) in [4.78, 5) is 1.75. The molecule has 2 aromatic carbocycles. The molecule has 0 bridgehead atoms. The molecule has 0 aromatic heterocycles. The molecule has 0 spiro atoms. The maximum Gasteiger partial charge on any atom is 0.147 e. The van der Waals surface area contributed by atoms with E-state index < -0.39 is 11.9 Å². The second-order valence-electron chi connectivity index (χ2n) is 4.61. The van der Waals surface area contributed by atoms with Gasteiger partial charge < -0.3 is 10.0 Å². The predicted molar refractivity (Wildman–Crippen MR) is 76.1 cm³/mol. The zero-order valence-electron chi connectivity index (χ0n) is 11.5. The molecule has 0 saturated carbocycles. The molecule has 0 aliphatic carbocycles. The molecular formula is C16H17F2NO. The van der Waals surface area contributed by atoms with Gasteiger partial charge in [-0.05, 0) is 55.8 Å². The number of benzene rings is 2. The van der Waals surface area contributed by atoms with Gasteiger partial charge in [0.15, 0.2) is 0 Å². The largest absolute Gasteiger partial charge is 0.389 e. The summed E-state index contributed by atoms with van der Waals surface area (Å²) in [6.07, 6.45) is -0.709. The van der Waals surface area contributed by atoms with Gasteiger partial charge in [0.2, 0.25) is 0 Å². The van der Waals surface area contributed by atoms with Gasteiger partial charge in [-0.1, -0.05) is 6.07 Å². The number of rotatable bonds is 4. The highest BCUT2D eigenvalue weighted by atomic mass is 19.1. The molecular weight excluding hydrogens is 260 g/mol. The van der Waals surface area contributed by atoms with Crippen LogP contribution in [0.3, 0.4) is 0 Å². The molecule has 1 unspecified atom stereocenters. The van der Waals surface area contributed by atoms with Crippen molar-refractivity contribution in [1.29, 1.82) is 0 Å². The van der Waals surface area contributed by atoms with E-state index in [9.17, 15) is 13.9 Å². The summed E-state index contributed by atoms with van der Waals surface area (Å²) in [5.74, 6) is -0.732. The molecule has 0 heterocycles. The van der Waals surface area contributed by atoms with Crippen molar-refractivity contribution in [3.63, 3.8) is 0 Å². The summed E-state index contributed by atoms with van der Waals surface area (Å²) in [5, 5.41) is 9.46. The van der Waals surface area contributed by atoms with E-state index in [1.165, 1.54) is 18.2 Å². The van der Waals surface area contributed by atoms with Gasteiger partial charge in [-0.2, -0.15) is 0 Å². The maximum absolute atomic E-state index is 14.2. The third kappa shape index (κ3) is 2.96. The SMILES string of the molecule is CCN(c1ccc(F)cc1)c1ccc(C(C)O)cc1F. The number of aliphatic hydroxyl groups is 1. The first-order chi connectivity index (χ1) is 9.52. The zero-order valence-corrected chi connectivity index (χ0v) is 11.5. The third-order valence-electron chi connectivity index (χ3n) is 3.20. The minimum absolute atomic E-state index is 0.324. The Morgan fingerprint density at radius 1 is 1.10 bits per heavy atom. The molecule has 4 heteroatoms. The smallest absolute Gasteiger partial charge is 0.147 e. The lowest BCUT2D eigenvalue weighted by Gasteiger charge is -2.24.